The number of aliphatic hydroxyl groups is 1. The molecule has 1 aromatic carbocycles. The number of para-hydroxylation sites is 1. The zero-order chi connectivity index (χ0) is 19.6. The molecule has 1 aliphatic heterocycles. The van der Waals surface area contributed by atoms with Gasteiger partial charge >= 0.3 is 0 Å². The summed E-state index contributed by atoms with van der Waals surface area (Å²) < 4.78 is 0. The van der Waals surface area contributed by atoms with E-state index in [2.05, 4.69) is 39.6 Å². The van der Waals surface area contributed by atoms with Gasteiger partial charge in [0.25, 0.3) is 0 Å². The van der Waals surface area contributed by atoms with E-state index in [0.29, 0.717) is 24.0 Å². The van der Waals surface area contributed by atoms with Crippen LogP contribution in [0.1, 0.15) is 42.9 Å². The van der Waals surface area contributed by atoms with Crippen molar-refractivity contribution < 1.29 is 5.11 Å². The van der Waals surface area contributed by atoms with Crippen molar-refractivity contribution in [1.29, 1.82) is 0 Å². The van der Waals surface area contributed by atoms with E-state index in [1.54, 1.807) is 0 Å². The van der Waals surface area contributed by atoms with E-state index in [1.807, 2.05) is 18.3 Å². The van der Waals surface area contributed by atoms with Crippen LogP contribution in [0.15, 0.2) is 48.4 Å². The van der Waals surface area contributed by atoms with Crippen molar-refractivity contribution in [2.75, 3.05) is 31.2 Å². The lowest BCUT2D eigenvalue weighted by Gasteiger charge is -2.38. The van der Waals surface area contributed by atoms with Gasteiger partial charge in [-0.2, -0.15) is 0 Å². The lowest BCUT2D eigenvalue weighted by atomic mass is 9.81. The standard InChI is InChI=1S/C23H29N5O/c29-20-11-10-18-16-25-23(26-22(18)21(20)17-6-4-5-7-17)28(19-8-2-1-3-9-19)27-14-12-24-13-15-27/h1-3,8-9,11,16-17,21,24,29H,4-7,10,12-15H2. The first kappa shape index (κ1) is 18.6. The monoisotopic (exact) mass is 391 g/mol. The summed E-state index contributed by atoms with van der Waals surface area (Å²) in [5.41, 5.74) is 3.25. The molecule has 2 N–H and O–H groups in total. The van der Waals surface area contributed by atoms with Crippen molar-refractivity contribution in [2.45, 2.75) is 38.0 Å². The third kappa shape index (κ3) is 3.63. The lowest BCUT2D eigenvalue weighted by Crippen LogP contribution is -2.51. The van der Waals surface area contributed by atoms with Crippen molar-refractivity contribution in [3.8, 4) is 0 Å². The minimum absolute atomic E-state index is 0.0173. The largest absolute Gasteiger partial charge is 0.512 e. The van der Waals surface area contributed by atoms with Gasteiger partial charge < -0.3 is 10.4 Å². The van der Waals surface area contributed by atoms with Crippen LogP contribution < -0.4 is 10.3 Å². The molecule has 3 aliphatic rings. The number of allylic oxidation sites excluding steroid dienone is 2. The van der Waals surface area contributed by atoms with E-state index in [9.17, 15) is 5.11 Å². The minimum atomic E-state index is 0.0173. The van der Waals surface area contributed by atoms with E-state index in [-0.39, 0.29) is 5.92 Å². The Balaban J connectivity index is 1.56. The van der Waals surface area contributed by atoms with Gasteiger partial charge in [-0.1, -0.05) is 31.0 Å². The quantitative estimate of drug-likeness (QED) is 0.828. The Bertz CT molecular complexity index is 872. The van der Waals surface area contributed by atoms with Crippen LogP contribution in [-0.4, -0.2) is 46.3 Å². The number of nitrogens with one attached hydrogen (secondary N) is 1. The molecule has 1 aromatic heterocycles. The Labute approximate surface area is 172 Å². The Kier molecular flexibility index (Phi) is 5.21. The molecule has 5 rings (SSSR count). The molecule has 0 amide bonds. The maximum absolute atomic E-state index is 10.7. The summed E-state index contributed by atoms with van der Waals surface area (Å²) in [6, 6.07) is 10.4. The first-order valence-electron chi connectivity index (χ1n) is 10.9. The summed E-state index contributed by atoms with van der Waals surface area (Å²) in [5.74, 6) is 1.71. The number of nitrogens with zero attached hydrogens (tertiary/aromatic N) is 4. The number of hydrazine groups is 1. The lowest BCUT2D eigenvalue weighted by molar-refractivity contribution is 0.240. The fraction of sp³-hybridized carbons (Fsp3) is 0.478. The first-order valence-corrected chi connectivity index (χ1v) is 10.9. The fourth-order valence-corrected chi connectivity index (χ4v) is 5.00. The second-order valence-electron chi connectivity index (χ2n) is 8.29. The Morgan fingerprint density at radius 1 is 1.07 bits per heavy atom. The summed E-state index contributed by atoms with van der Waals surface area (Å²) >= 11 is 0. The second kappa shape index (κ2) is 8.13. The Morgan fingerprint density at radius 3 is 2.59 bits per heavy atom. The highest BCUT2D eigenvalue weighted by molar-refractivity contribution is 5.56. The van der Waals surface area contributed by atoms with Gasteiger partial charge in [0.15, 0.2) is 0 Å². The Morgan fingerprint density at radius 2 is 1.83 bits per heavy atom. The molecule has 6 heteroatoms. The molecule has 2 aliphatic carbocycles. The van der Waals surface area contributed by atoms with Crippen LogP contribution in [0.5, 0.6) is 0 Å². The molecular weight excluding hydrogens is 362 g/mol. The third-order valence-electron chi connectivity index (χ3n) is 6.47. The number of rotatable bonds is 4. The highest BCUT2D eigenvalue weighted by Crippen LogP contribution is 2.43. The highest BCUT2D eigenvalue weighted by Gasteiger charge is 2.35. The average molecular weight is 392 g/mol. The molecule has 0 bridgehead atoms. The molecular formula is C23H29N5O. The first-order chi connectivity index (χ1) is 14.3. The normalized spacial score (nSPS) is 22.9. The van der Waals surface area contributed by atoms with Gasteiger partial charge in [0, 0.05) is 32.4 Å². The van der Waals surface area contributed by atoms with Crippen LogP contribution in [-0.2, 0) is 6.42 Å². The predicted octanol–water partition coefficient (Wildman–Crippen LogP) is 3.71. The van der Waals surface area contributed by atoms with Gasteiger partial charge in [-0.15, -0.1) is 0 Å². The van der Waals surface area contributed by atoms with Gasteiger partial charge in [0.05, 0.1) is 23.1 Å². The zero-order valence-electron chi connectivity index (χ0n) is 16.8. The van der Waals surface area contributed by atoms with Crippen LogP contribution in [0.2, 0.25) is 0 Å². The number of benzene rings is 1. The molecule has 6 nitrogen and oxygen atoms in total. The molecule has 1 unspecified atom stereocenters. The van der Waals surface area contributed by atoms with Gasteiger partial charge in [0.2, 0.25) is 5.95 Å². The SMILES string of the molecule is OC1=CCc2cnc(N(c3ccccc3)N3CCNCC3)nc2C1C1CCCC1. The van der Waals surface area contributed by atoms with Crippen LogP contribution in [0.25, 0.3) is 0 Å². The predicted molar refractivity (Wildman–Crippen MR) is 114 cm³/mol. The van der Waals surface area contributed by atoms with Crippen molar-refractivity contribution in [2.24, 2.45) is 5.92 Å². The number of piperazine rings is 1. The highest BCUT2D eigenvalue weighted by atomic mass is 16.3. The molecule has 29 heavy (non-hydrogen) atoms. The zero-order valence-corrected chi connectivity index (χ0v) is 16.8. The van der Waals surface area contributed by atoms with Crippen molar-refractivity contribution in [1.82, 2.24) is 20.3 Å². The van der Waals surface area contributed by atoms with E-state index in [1.165, 1.54) is 25.7 Å². The molecule has 2 heterocycles. The maximum Gasteiger partial charge on any atom is 0.245 e. The summed E-state index contributed by atoms with van der Waals surface area (Å²) in [6.45, 7) is 3.71. The van der Waals surface area contributed by atoms with Crippen molar-refractivity contribution in [3.05, 3.63) is 59.6 Å². The average Bonchev–Trinajstić information content (AvgIpc) is 3.30. The number of fused-ring (bicyclic) bond motifs is 1. The van der Waals surface area contributed by atoms with Crippen LogP contribution in [0, 0.1) is 5.92 Å². The minimum Gasteiger partial charge on any atom is -0.512 e. The summed E-state index contributed by atoms with van der Waals surface area (Å²) in [6.07, 6.45) is 9.48. The molecule has 0 spiro atoms. The molecule has 1 atom stereocenters. The topological polar surface area (TPSA) is 64.5 Å². The number of hydrogen-bond donors (Lipinski definition) is 2. The number of anilines is 2. The van der Waals surface area contributed by atoms with E-state index >= 15 is 0 Å². The summed E-state index contributed by atoms with van der Waals surface area (Å²) in [7, 11) is 0. The number of aromatic nitrogens is 2. The number of aliphatic hydroxyl groups excluding tert-OH is 1. The van der Waals surface area contributed by atoms with Gasteiger partial charge in [-0.05, 0) is 49.0 Å². The molecule has 152 valence electrons. The van der Waals surface area contributed by atoms with Crippen LogP contribution in [0.4, 0.5) is 11.6 Å². The maximum atomic E-state index is 10.7. The Hall–Kier alpha value is -2.44. The summed E-state index contributed by atoms with van der Waals surface area (Å²) in [4.78, 5) is 9.87. The van der Waals surface area contributed by atoms with Crippen molar-refractivity contribution >= 4 is 11.6 Å². The fourth-order valence-electron chi connectivity index (χ4n) is 5.00. The number of hydrogen-bond acceptors (Lipinski definition) is 6. The molecule has 2 aromatic rings. The molecule has 1 saturated carbocycles. The second-order valence-corrected chi connectivity index (χ2v) is 8.29. The van der Waals surface area contributed by atoms with Crippen molar-refractivity contribution in [3.63, 3.8) is 0 Å². The van der Waals surface area contributed by atoms with Gasteiger partial charge in [0.1, 0.15) is 0 Å². The molecule has 2 fully saturated rings. The third-order valence-corrected chi connectivity index (χ3v) is 6.47. The van der Waals surface area contributed by atoms with Gasteiger partial charge in [-0.25, -0.2) is 20.0 Å². The molecule has 1 saturated heterocycles. The smallest absolute Gasteiger partial charge is 0.245 e. The molecule has 0 radical (unpaired) electrons. The van der Waals surface area contributed by atoms with E-state index < -0.39 is 0 Å². The van der Waals surface area contributed by atoms with E-state index in [4.69, 9.17) is 9.97 Å². The van der Waals surface area contributed by atoms with Gasteiger partial charge in [-0.3, -0.25) is 0 Å². The summed E-state index contributed by atoms with van der Waals surface area (Å²) in [5, 5.41) is 18.6. The van der Waals surface area contributed by atoms with E-state index in [0.717, 1.165) is 43.1 Å². The van der Waals surface area contributed by atoms with Crippen LogP contribution >= 0.6 is 0 Å². The van der Waals surface area contributed by atoms with Crippen LogP contribution in [0.3, 0.4) is 0 Å².